The molecule has 0 unspecified atom stereocenters. The van der Waals surface area contributed by atoms with E-state index in [1.54, 1.807) is 0 Å². The summed E-state index contributed by atoms with van der Waals surface area (Å²) in [6.45, 7) is 14.6. The van der Waals surface area contributed by atoms with Gasteiger partial charge in [0, 0.05) is 0 Å². The van der Waals surface area contributed by atoms with Crippen molar-refractivity contribution in [1.82, 2.24) is 0 Å². The zero-order chi connectivity index (χ0) is 15.1. The maximum absolute atomic E-state index is 5.14. The minimum atomic E-state index is 0.819. The summed E-state index contributed by atoms with van der Waals surface area (Å²) in [5.41, 5.74) is 10.2. The molecule has 0 atom stereocenters. The summed E-state index contributed by atoms with van der Waals surface area (Å²) in [6, 6.07) is 0. The van der Waals surface area contributed by atoms with Crippen LogP contribution in [-0.2, 0) is 0 Å². The predicted molar refractivity (Wildman–Crippen MR) is 89.1 cm³/mol. The van der Waals surface area contributed by atoms with Crippen LogP contribution >= 0.6 is 0 Å². The molecule has 0 heterocycles. The predicted octanol–water partition coefficient (Wildman–Crippen LogP) is 5.10. The summed E-state index contributed by atoms with van der Waals surface area (Å²) in [6.07, 6.45) is 10.3. The smallest absolute Gasteiger partial charge is 0.00774 e. The molecule has 18 heavy (non-hydrogen) atoms. The van der Waals surface area contributed by atoms with Gasteiger partial charge in [0.1, 0.15) is 0 Å². The molecule has 0 saturated carbocycles. The van der Waals surface area contributed by atoms with Crippen LogP contribution in [0.25, 0.3) is 0 Å². The fraction of sp³-hybridized carbons (Fsp3) is 1.00. The topological polar surface area (TPSA) is 52.0 Å². The monoisotopic (exact) mass is 262 g/mol. The highest BCUT2D eigenvalue weighted by Crippen LogP contribution is 1.95. The lowest BCUT2D eigenvalue weighted by atomic mass is 10.2. The standard InChI is InChI=1S/C6H14.C4H11N.C3H9N.C3H8/c1-3-5-6-4-2;1-2-3-4-5;1-2-3-4;1-3-2/h3-6H2,1-2H3;2-5H2,1H3;2-4H2,1H3;3H2,1-2H3. The van der Waals surface area contributed by atoms with Gasteiger partial charge >= 0.3 is 0 Å². The molecule has 116 valence electrons. The van der Waals surface area contributed by atoms with E-state index in [2.05, 4.69) is 41.5 Å². The van der Waals surface area contributed by atoms with Crippen molar-refractivity contribution in [3.8, 4) is 0 Å². The molecule has 0 amide bonds. The van der Waals surface area contributed by atoms with Gasteiger partial charge in [0.05, 0.1) is 0 Å². The molecule has 0 fully saturated rings. The van der Waals surface area contributed by atoms with Gasteiger partial charge in [0.25, 0.3) is 0 Å². The first-order valence-electron chi connectivity index (χ1n) is 8.06. The van der Waals surface area contributed by atoms with Crippen LogP contribution < -0.4 is 11.5 Å². The lowest BCUT2D eigenvalue weighted by Crippen LogP contribution is -1.95. The van der Waals surface area contributed by atoms with Crippen molar-refractivity contribution in [2.75, 3.05) is 13.1 Å². The van der Waals surface area contributed by atoms with Crippen LogP contribution in [-0.4, -0.2) is 13.1 Å². The molecule has 2 nitrogen and oxygen atoms in total. The first-order valence-corrected chi connectivity index (χ1v) is 8.06. The van der Waals surface area contributed by atoms with Crippen molar-refractivity contribution in [2.24, 2.45) is 11.5 Å². The van der Waals surface area contributed by atoms with Crippen molar-refractivity contribution in [2.45, 2.75) is 92.9 Å². The molecule has 0 aliphatic rings. The molecule has 2 heteroatoms. The van der Waals surface area contributed by atoms with Crippen molar-refractivity contribution < 1.29 is 0 Å². The molecule has 0 aromatic rings. The van der Waals surface area contributed by atoms with Crippen molar-refractivity contribution >= 4 is 0 Å². The first kappa shape index (κ1) is 26.5. The SMILES string of the molecule is CCC.CCCCCC.CCCCN.CCCN. The van der Waals surface area contributed by atoms with E-state index < -0.39 is 0 Å². The van der Waals surface area contributed by atoms with Gasteiger partial charge in [0.2, 0.25) is 0 Å². The normalized spacial score (nSPS) is 8.00. The minimum absolute atomic E-state index is 0.819. The lowest BCUT2D eigenvalue weighted by molar-refractivity contribution is 0.702. The summed E-state index contributed by atoms with van der Waals surface area (Å²) >= 11 is 0. The Balaban J connectivity index is -0.0000000750. The summed E-state index contributed by atoms with van der Waals surface area (Å²) in [4.78, 5) is 0. The molecular weight excluding hydrogens is 220 g/mol. The van der Waals surface area contributed by atoms with E-state index in [9.17, 15) is 0 Å². The van der Waals surface area contributed by atoms with Crippen molar-refractivity contribution in [1.29, 1.82) is 0 Å². The minimum Gasteiger partial charge on any atom is -0.330 e. The average Bonchev–Trinajstić information content (AvgIpc) is 2.39. The first-order chi connectivity index (χ1) is 8.66. The van der Waals surface area contributed by atoms with E-state index in [0.717, 1.165) is 19.5 Å². The van der Waals surface area contributed by atoms with Crippen LogP contribution in [0.4, 0.5) is 0 Å². The zero-order valence-electron chi connectivity index (χ0n) is 14.2. The number of nitrogens with two attached hydrogens (primary N) is 2. The number of hydrogen-bond acceptors (Lipinski definition) is 2. The number of rotatable bonds is 6. The molecule has 0 saturated heterocycles. The van der Waals surface area contributed by atoms with E-state index in [1.165, 1.54) is 44.9 Å². The van der Waals surface area contributed by atoms with Gasteiger partial charge in [-0.3, -0.25) is 0 Å². The lowest BCUT2D eigenvalue weighted by Gasteiger charge is -1.86. The Labute approximate surface area is 118 Å². The second-order valence-electron chi connectivity index (χ2n) is 4.35. The number of unbranched alkanes of at least 4 members (excludes halogenated alkanes) is 4. The quantitative estimate of drug-likeness (QED) is 0.654. The van der Waals surface area contributed by atoms with E-state index in [4.69, 9.17) is 11.5 Å². The Kier molecular flexibility index (Phi) is 64.1. The van der Waals surface area contributed by atoms with Crippen LogP contribution in [0.3, 0.4) is 0 Å². The number of hydrogen-bond donors (Lipinski definition) is 2. The molecule has 0 bridgehead atoms. The van der Waals surface area contributed by atoms with Crippen LogP contribution in [0.15, 0.2) is 0 Å². The molecule has 0 rings (SSSR count). The van der Waals surface area contributed by atoms with Gasteiger partial charge in [-0.1, -0.05) is 80.1 Å². The van der Waals surface area contributed by atoms with Crippen LogP contribution in [0.2, 0.25) is 0 Å². The molecule has 0 aliphatic carbocycles. The highest BCUT2D eigenvalue weighted by atomic mass is 14.5. The largest absolute Gasteiger partial charge is 0.330 e. The third-order valence-corrected chi connectivity index (χ3v) is 1.80. The van der Waals surface area contributed by atoms with Gasteiger partial charge in [-0.05, 0) is 25.9 Å². The summed E-state index contributed by atoms with van der Waals surface area (Å²) < 4.78 is 0. The molecule has 4 N–H and O–H groups in total. The molecule has 0 aliphatic heterocycles. The molecule has 0 aromatic heterocycles. The van der Waals surface area contributed by atoms with Gasteiger partial charge in [-0.25, -0.2) is 0 Å². The third-order valence-electron chi connectivity index (χ3n) is 1.80. The van der Waals surface area contributed by atoms with Gasteiger partial charge in [0.15, 0.2) is 0 Å². The highest BCUT2D eigenvalue weighted by molar-refractivity contribution is 4.31. The second kappa shape index (κ2) is 43.6. The van der Waals surface area contributed by atoms with Crippen molar-refractivity contribution in [3.05, 3.63) is 0 Å². The maximum atomic E-state index is 5.14. The van der Waals surface area contributed by atoms with Gasteiger partial charge < -0.3 is 11.5 Å². The Bertz CT molecular complexity index is 67.5. The fourth-order valence-electron chi connectivity index (χ4n) is 0.704. The summed E-state index contributed by atoms with van der Waals surface area (Å²) in [5.74, 6) is 0. The van der Waals surface area contributed by atoms with E-state index >= 15 is 0 Å². The van der Waals surface area contributed by atoms with Gasteiger partial charge in [-0.15, -0.1) is 0 Å². The van der Waals surface area contributed by atoms with Gasteiger partial charge in [-0.2, -0.15) is 0 Å². The van der Waals surface area contributed by atoms with E-state index in [0.29, 0.717) is 0 Å². The Hall–Kier alpha value is -0.0800. The molecule has 0 radical (unpaired) electrons. The Morgan fingerprint density at radius 2 is 0.778 bits per heavy atom. The summed E-state index contributed by atoms with van der Waals surface area (Å²) in [5, 5.41) is 0. The molecule has 0 aromatic carbocycles. The van der Waals surface area contributed by atoms with E-state index in [-0.39, 0.29) is 0 Å². The maximum Gasteiger partial charge on any atom is -0.00774 e. The van der Waals surface area contributed by atoms with Crippen LogP contribution in [0, 0.1) is 0 Å². The van der Waals surface area contributed by atoms with Crippen molar-refractivity contribution in [3.63, 3.8) is 0 Å². The van der Waals surface area contributed by atoms with Crippen LogP contribution in [0.5, 0.6) is 0 Å². The Morgan fingerprint density at radius 3 is 0.833 bits per heavy atom. The zero-order valence-corrected chi connectivity index (χ0v) is 14.2. The Morgan fingerprint density at radius 1 is 0.500 bits per heavy atom. The summed E-state index contributed by atoms with van der Waals surface area (Å²) in [7, 11) is 0. The van der Waals surface area contributed by atoms with Crippen LogP contribution in [0.1, 0.15) is 92.9 Å². The second-order valence-corrected chi connectivity index (χ2v) is 4.35. The van der Waals surface area contributed by atoms with E-state index in [1.807, 2.05) is 0 Å². The molecular formula is C16H42N2. The average molecular weight is 263 g/mol. The molecule has 0 spiro atoms. The third kappa shape index (κ3) is 101. The highest BCUT2D eigenvalue weighted by Gasteiger charge is 1.75. The fourth-order valence-corrected chi connectivity index (χ4v) is 0.704.